The summed E-state index contributed by atoms with van der Waals surface area (Å²) in [6, 6.07) is 10.8. The molecule has 1 aliphatic carbocycles. The van der Waals surface area contributed by atoms with E-state index < -0.39 is 0 Å². The number of rotatable bonds is 2. The van der Waals surface area contributed by atoms with Crippen molar-refractivity contribution < 1.29 is 4.79 Å². The van der Waals surface area contributed by atoms with Gasteiger partial charge in [0.2, 0.25) is 0 Å². The number of likely N-dealkylation sites (tertiary alicyclic amines) is 1. The average Bonchev–Trinajstić information content (AvgIpc) is 3.34. The molecule has 130 valence electrons. The highest BCUT2D eigenvalue weighted by atomic mass is 16.2. The van der Waals surface area contributed by atoms with E-state index in [1.54, 1.807) is 0 Å². The normalized spacial score (nSPS) is 28.0. The third-order valence-corrected chi connectivity index (χ3v) is 6.32. The zero-order chi connectivity index (χ0) is 16.8. The lowest BCUT2D eigenvalue weighted by Crippen LogP contribution is -2.32. The summed E-state index contributed by atoms with van der Waals surface area (Å²) in [6.45, 7) is 3.51. The number of carbonyl (C=O) groups excluding carboxylic acids is 1. The Bertz CT molecular complexity index is 770. The van der Waals surface area contributed by atoms with Crippen LogP contribution in [0, 0.1) is 11.8 Å². The minimum Gasteiger partial charge on any atom is -0.337 e. The average molecular weight is 336 g/mol. The molecular formula is C20H24N4O. The van der Waals surface area contributed by atoms with E-state index in [-0.39, 0.29) is 5.91 Å². The predicted molar refractivity (Wildman–Crippen MR) is 95.3 cm³/mol. The molecule has 2 fully saturated rings. The summed E-state index contributed by atoms with van der Waals surface area (Å²) in [7, 11) is 0. The summed E-state index contributed by atoms with van der Waals surface area (Å²) < 4.78 is 0. The van der Waals surface area contributed by atoms with Crippen molar-refractivity contribution in [1.82, 2.24) is 20.4 Å². The molecule has 5 nitrogen and oxygen atoms in total. The summed E-state index contributed by atoms with van der Waals surface area (Å²) in [6.07, 6.45) is 3.31. The molecule has 1 aromatic heterocycles. The molecule has 2 unspecified atom stereocenters. The summed E-state index contributed by atoms with van der Waals surface area (Å²) >= 11 is 0. The van der Waals surface area contributed by atoms with Gasteiger partial charge in [0.15, 0.2) is 5.69 Å². The molecule has 0 radical (unpaired) electrons. The number of aromatic amines is 1. The highest BCUT2D eigenvalue weighted by molar-refractivity contribution is 5.94. The van der Waals surface area contributed by atoms with E-state index in [1.165, 1.54) is 18.4 Å². The van der Waals surface area contributed by atoms with E-state index in [4.69, 9.17) is 0 Å². The largest absolute Gasteiger partial charge is 0.337 e. The summed E-state index contributed by atoms with van der Waals surface area (Å²) in [5.41, 5.74) is 4.33. The van der Waals surface area contributed by atoms with E-state index in [2.05, 4.69) is 50.7 Å². The van der Waals surface area contributed by atoms with Gasteiger partial charge in [0.1, 0.15) is 0 Å². The molecule has 5 rings (SSSR count). The standard InChI is InChI=1S/C20H24N4O/c25-20(19-17-6-7-21-10-18(17)22-23-19)24-11-15-8-14(9-16(15)12-24)13-4-2-1-3-5-13/h1-5,14-16,21H,6-12H2,(H,22,23). The van der Waals surface area contributed by atoms with Gasteiger partial charge in [0.25, 0.3) is 5.91 Å². The lowest BCUT2D eigenvalue weighted by molar-refractivity contribution is 0.0772. The lowest BCUT2D eigenvalue weighted by Gasteiger charge is -2.20. The monoisotopic (exact) mass is 336 g/mol. The Morgan fingerprint density at radius 2 is 1.88 bits per heavy atom. The first-order valence-electron chi connectivity index (χ1n) is 9.40. The van der Waals surface area contributed by atoms with Crippen LogP contribution in [0.4, 0.5) is 0 Å². The number of carbonyl (C=O) groups is 1. The van der Waals surface area contributed by atoms with Crippen molar-refractivity contribution in [3.05, 3.63) is 52.8 Å². The quantitative estimate of drug-likeness (QED) is 0.885. The van der Waals surface area contributed by atoms with Gasteiger partial charge >= 0.3 is 0 Å². The van der Waals surface area contributed by atoms with Crippen LogP contribution < -0.4 is 5.32 Å². The van der Waals surface area contributed by atoms with Gasteiger partial charge in [-0.15, -0.1) is 0 Å². The molecule has 3 aliphatic rings. The third kappa shape index (κ3) is 2.58. The summed E-state index contributed by atoms with van der Waals surface area (Å²) in [5, 5.41) is 10.7. The molecule has 2 N–H and O–H groups in total. The Morgan fingerprint density at radius 1 is 1.12 bits per heavy atom. The minimum absolute atomic E-state index is 0.130. The van der Waals surface area contributed by atoms with Crippen LogP contribution in [-0.2, 0) is 13.0 Å². The van der Waals surface area contributed by atoms with Gasteiger partial charge in [0.05, 0.1) is 5.69 Å². The smallest absolute Gasteiger partial charge is 0.274 e. The zero-order valence-electron chi connectivity index (χ0n) is 14.4. The Morgan fingerprint density at radius 3 is 2.64 bits per heavy atom. The fourth-order valence-electron chi connectivity index (χ4n) is 5.03. The van der Waals surface area contributed by atoms with Crippen LogP contribution >= 0.6 is 0 Å². The molecule has 0 bridgehead atoms. The van der Waals surface area contributed by atoms with Crippen molar-refractivity contribution in [2.75, 3.05) is 19.6 Å². The van der Waals surface area contributed by atoms with Crippen LogP contribution in [0.2, 0.25) is 0 Å². The fraction of sp³-hybridized carbons (Fsp3) is 0.500. The van der Waals surface area contributed by atoms with Gasteiger partial charge in [-0.1, -0.05) is 30.3 Å². The lowest BCUT2D eigenvalue weighted by atomic mass is 9.96. The van der Waals surface area contributed by atoms with Gasteiger partial charge in [0, 0.05) is 25.2 Å². The molecule has 2 aromatic rings. The van der Waals surface area contributed by atoms with Crippen LogP contribution in [0.3, 0.4) is 0 Å². The van der Waals surface area contributed by atoms with E-state index >= 15 is 0 Å². The predicted octanol–water partition coefficient (Wildman–Crippen LogP) is 2.32. The number of aromatic nitrogens is 2. The van der Waals surface area contributed by atoms with Gasteiger partial charge in [-0.3, -0.25) is 9.89 Å². The van der Waals surface area contributed by atoms with E-state index in [1.807, 2.05) is 0 Å². The van der Waals surface area contributed by atoms with Crippen LogP contribution in [0.5, 0.6) is 0 Å². The Kier molecular flexibility index (Phi) is 3.63. The molecule has 5 heteroatoms. The van der Waals surface area contributed by atoms with Crippen LogP contribution in [-0.4, -0.2) is 40.6 Å². The number of hydrogen-bond donors (Lipinski definition) is 2. The molecule has 2 atom stereocenters. The van der Waals surface area contributed by atoms with Gasteiger partial charge in [-0.25, -0.2) is 0 Å². The molecule has 0 spiro atoms. The van der Waals surface area contributed by atoms with E-state index in [9.17, 15) is 4.79 Å². The second-order valence-corrected chi connectivity index (χ2v) is 7.77. The highest BCUT2D eigenvalue weighted by Crippen LogP contribution is 2.46. The molecule has 2 aliphatic heterocycles. The van der Waals surface area contributed by atoms with Crippen molar-refractivity contribution in [3.63, 3.8) is 0 Å². The zero-order valence-corrected chi connectivity index (χ0v) is 14.4. The first kappa shape index (κ1) is 15.1. The maximum atomic E-state index is 13.0. The molecule has 3 heterocycles. The van der Waals surface area contributed by atoms with E-state index in [0.29, 0.717) is 23.4 Å². The minimum atomic E-state index is 0.130. The maximum absolute atomic E-state index is 13.0. The number of hydrogen-bond acceptors (Lipinski definition) is 3. The van der Waals surface area contributed by atoms with Crippen LogP contribution in [0.25, 0.3) is 0 Å². The van der Waals surface area contributed by atoms with Gasteiger partial charge in [-0.2, -0.15) is 5.10 Å². The summed E-state index contributed by atoms with van der Waals surface area (Å²) in [4.78, 5) is 15.0. The SMILES string of the molecule is O=C(c1n[nH]c2c1CCNC2)N1CC2CC(c3ccccc3)CC2C1. The molecule has 25 heavy (non-hydrogen) atoms. The van der Waals surface area contributed by atoms with Gasteiger partial charge in [-0.05, 0) is 49.1 Å². The second-order valence-electron chi connectivity index (χ2n) is 7.77. The third-order valence-electron chi connectivity index (χ3n) is 6.32. The second kappa shape index (κ2) is 5.99. The Balaban J connectivity index is 1.28. The number of nitrogens with one attached hydrogen (secondary N) is 2. The molecule has 1 saturated carbocycles. The van der Waals surface area contributed by atoms with E-state index in [0.717, 1.165) is 43.9 Å². The number of amides is 1. The number of benzene rings is 1. The first-order chi connectivity index (χ1) is 12.3. The van der Waals surface area contributed by atoms with Crippen LogP contribution in [0.1, 0.15) is 46.1 Å². The van der Waals surface area contributed by atoms with Gasteiger partial charge < -0.3 is 10.2 Å². The summed E-state index contributed by atoms with van der Waals surface area (Å²) in [5.74, 6) is 2.08. The highest BCUT2D eigenvalue weighted by Gasteiger charge is 2.43. The molecule has 1 saturated heterocycles. The Hall–Kier alpha value is -2.14. The van der Waals surface area contributed by atoms with Crippen LogP contribution in [0.15, 0.2) is 30.3 Å². The first-order valence-corrected chi connectivity index (χ1v) is 9.40. The molecule has 1 amide bonds. The number of fused-ring (bicyclic) bond motifs is 2. The topological polar surface area (TPSA) is 61.0 Å². The molecule has 1 aromatic carbocycles. The van der Waals surface area contributed by atoms with Crippen molar-refractivity contribution >= 4 is 5.91 Å². The Labute approximate surface area is 147 Å². The van der Waals surface area contributed by atoms with Crippen molar-refractivity contribution in [2.45, 2.75) is 31.7 Å². The maximum Gasteiger partial charge on any atom is 0.274 e. The van der Waals surface area contributed by atoms with Crippen molar-refractivity contribution in [2.24, 2.45) is 11.8 Å². The fourth-order valence-corrected chi connectivity index (χ4v) is 5.03. The van der Waals surface area contributed by atoms with Crippen molar-refractivity contribution in [3.8, 4) is 0 Å². The number of H-pyrrole nitrogens is 1. The number of nitrogens with zero attached hydrogens (tertiary/aromatic N) is 2. The van der Waals surface area contributed by atoms with Crippen molar-refractivity contribution in [1.29, 1.82) is 0 Å². The molecular weight excluding hydrogens is 312 g/mol.